The summed E-state index contributed by atoms with van der Waals surface area (Å²) in [5.41, 5.74) is 1.18. The average molecular weight is 270 g/mol. The molecule has 0 aliphatic carbocycles. The Labute approximate surface area is 111 Å². The fourth-order valence-corrected chi connectivity index (χ4v) is 2.32. The Morgan fingerprint density at radius 2 is 2.39 bits per heavy atom. The van der Waals surface area contributed by atoms with E-state index in [9.17, 15) is 4.79 Å². The number of ether oxygens (including phenoxy) is 1. The van der Waals surface area contributed by atoms with Crippen molar-refractivity contribution in [1.29, 1.82) is 0 Å². The lowest BCUT2D eigenvalue weighted by Crippen LogP contribution is -2.40. The quantitative estimate of drug-likeness (QED) is 0.914. The zero-order chi connectivity index (χ0) is 13.1. The Kier molecular flexibility index (Phi) is 4.22. The average Bonchev–Trinajstić information content (AvgIpc) is 2.31. The van der Waals surface area contributed by atoms with Crippen LogP contribution >= 0.6 is 11.6 Å². The standard InChI is InChI=1S/C13H16ClNO3/c1-9-7-15(4-5-18-9)8-11-3-2-10(13(16)17)6-12(11)14/h2-3,6,9H,4-5,7-8H2,1H3,(H,16,17). The van der Waals surface area contributed by atoms with Gasteiger partial charge < -0.3 is 9.84 Å². The van der Waals surface area contributed by atoms with Crippen molar-refractivity contribution in [3.05, 3.63) is 34.3 Å². The molecule has 1 aromatic rings. The molecule has 18 heavy (non-hydrogen) atoms. The lowest BCUT2D eigenvalue weighted by molar-refractivity contribution is -0.0212. The van der Waals surface area contributed by atoms with Crippen molar-refractivity contribution >= 4 is 17.6 Å². The van der Waals surface area contributed by atoms with E-state index in [0.29, 0.717) is 5.02 Å². The number of halogens is 1. The number of aromatic carboxylic acids is 1. The van der Waals surface area contributed by atoms with Crippen LogP contribution in [0.5, 0.6) is 0 Å². The van der Waals surface area contributed by atoms with Crippen LogP contribution in [0, 0.1) is 0 Å². The molecule has 1 aliphatic heterocycles. The molecule has 0 aromatic heterocycles. The van der Waals surface area contributed by atoms with E-state index in [1.165, 1.54) is 6.07 Å². The Balaban J connectivity index is 2.07. The fraction of sp³-hybridized carbons (Fsp3) is 0.462. The van der Waals surface area contributed by atoms with Crippen molar-refractivity contribution in [2.75, 3.05) is 19.7 Å². The van der Waals surface area contributed by atoms with Crippen LogP contribution < -0.4 is 0 Å². The smallest absolute Gasteiger partial charge is 0.335 e. The molecule has 1 atom stereocenters. The van der Waals surface area contributed by atoms with Crippen LogP contribution in [0.1, 0.15) is 22.8 Å². The molecule has 0 bridgehead atoms. The van der Waals surface area contributed by atoms with E-state index in [2.05, 4.69) is 4.90 Å². The van der Waals surface area contributed by atoms with Gasteiger partial charge in [-0.05, 0) is 24.6 Å². The normalized spacial score (nSPS) is 20.9. The Bertz CT molecular complexity index is 450. The molecular formula is C13H16ClNO3. The zero-order valence-electron chi connectivity index (χ0n) is 10.2. The summed E-state index contributed by atoms with van der Waals surface area (Å²) in [5, 5.41) is 9.38. The van der Waals surface area contributed by atoms with Gasteiger partial charge in [-0.15, -0.1) is 0 Å². The second-order valence-electron chi connectivity index (χ2n) is 4.53. The molecule has 0 radical (unpaired) electrons. The third-order valence-electron chi connectivity index (χ3n) is 3.02. The number of hydrogen-bond donors (Lipinski definition) is 1. The second kappa shape index (κ2) is 5.69. The maximum absolute atomic E-state index is 10.8. The number of carboxylic acids is 1. The number of benzene rings is 1. The monoisotopic (exact) mass is 269 g/mol. The molecule has 2 rings (SSSR count). The Morgan fingerprint density at radius 3 is 3.00 bits per heavy atom. The number of rotatable bonds is 3. The van der Waals surface area contributed by atoms with Gasteiger partial charge in [0.05, 0.1) is 18.3 Å². The van der Waals surface area contributed by atoms with Crippen molar-refractivity contribution in [2.24, 2.45) is 0 Å². The van der Waals surface area contributed by atoms with E-state index in [4.69, 9.17) is 21.4 Å². The highest BCUT2D eigenvalue weighted by molar-refractivity contribution is 6.31. The highest BCUT2D eigenvalue weighted by atomic mass is 35.5. The topological polar surface area (TPSA) is 49.8 Å². The Morgan fingerprint density at radius 1 is 1.61 bits per heavy atom. The van der Waals surface area contributed by atoms with Gasteiger partial charge in [0, 0.05) is 24.7 Å². The van der Waals surface area contributed by atoms with Gasteiger partial charge in [-0.25, -0.2) is 4.79 Å². The first-order valence-electron chi connectivity index (χ1n) is 5.92. The number of hydrogen-bond acceptors (Lipinski definition) is 3. The molecule has 1 aliphatic rings. The van der Waals surface area contributed by atoms with Gasteiger partial charge in [-0.2, -0.15) is 0 Å². The molecule has 4 nitrogen and oxygen atoms in total. The number of carboxylic acid groups (broad SMARTS) is 1. The van der Waals surface area contributed by atoms with Crippen LogP contribution in [0.25, 0.3) is 0 Å². The van der Waals surface area contributed by atoms with Gasteiger partial charge in [0.1, 0.15) is 0 Å². The number of nitrogens with zero attached hydrogens (tertiary/aromatic N) is 1. The largest absolute Gasteiger partial charge is 0.478 e. The minimum atomic E-state index is -0.955. The molecule has 1 unspecified atom stereocenters. The molecule has 0 saturated carbocycles. The summed E-state index contributed by atoms with van der Waals surface area (Å²) >= 11 is 6.11. The predicted octanol–water partition coefficient (Wildman–Crippen LogP) is 2.26. The van der Waals surface area contributed by atoms with Crippen molar-refractivity contribution in [3.8, 4) is 0 Å². The third kappa shape index (κ3) is 3.22. The molecule has 1 saturated heterocycles. The summed E-state index contributed by atoms with van der Waals surface area (Å²) in [5.74, 6) is -0.955. The molecule has 1 aromatic carbocycles. The van der Waals surface area contributed by atoms with Crippen LogP contribution in [0.3, 0.4) is 0 Å². The van der Waals surface area contributed by atoms with Crippen molar-refractivity contribution in [2.45, 2.75) is 19.6 Å². The van der Waals surface area contributed by atoms with Gasteiger partial charge in [0.25, 0.3) is 0 Å². The first kappa shape index (κ1) is 13.3. The molecule has 0 spiro atoms. The molecule has 98 valence electrons. The minimum absolute atomic E-state index is 0.221. The van der Waals surface area contributed by atoms with Gasteiger partial charge in [0.2, 0.25) is 0 Å². The third-order valence-corrected chi connectivity index (χ3v) is 3.37. The van der Waals surface area contributed by atoms with Crippen LogP contribution in [0.2, 0.25) is 5.02 Å². The van der Waals surface area contributed by atoms with Crippen LogP contribution in [0.4, 0.5) is 0 Å². The highest BCUT2D eigenvalue weighted by Gasteiger charge is 2.18. The lowest BCUT2D eigenvalue weighted by Gasteiger charge is -2.31. The van der Waals surface area contributed by atoms with E-state index in [0.717, 1.165) is 31.8 Å². The molecule has 1 fully saturated rings. The van der Waals surface area contributed by atoms with Gasteiger partial charge in [-0.1, -0.05) is 17.7 Å². The van der Waals surface area contributed by atoms with E-state index < -0.39 is 5.97 Å². The van der Waals surface area contributed by atoms with E-state index >= 15 is 0 Å². The molecule has 1 heterocycles. The summed E-state index contributed by atoms with van der Waals surface area (Å²) in [6.45, 7) is 5.25. The van der Waals surface area contributed by atoms with Crippen molar-refractivity contribution < 1.29 is 14.6 Å². The predicted molar refractivity (Wildman–Crippen MR) is 69.1 cm³/mol. The Hall–Kier alpha value is -1.10. The van der Waals surface area contributed by atoms with Crippen LogP contribution in [-0.2, 0) is 11.3 Å². The highest BCUT2D eigenvalue weighted by Crippen LogP contribution is 2.20. The summed E-state index contributed by atoms with van der Waals surface area (Å²) in [4.78, 5) is 13.1. The molecule has 1 N–H and O–H groups in total. The zero-order valence-corrected chi connectivity index (χ0v) is 11.0. The maximum atomic E-state index is 10.8. The van der Waals surface area contributed by atoms with Gasteiger partial charge in [-0.3, -0.25) is 4.90 Å². The molecule has 0 amide bonds. The second-order valence-corrected chi connectivity index (χ2v) is 4.94. The summed E-state index contributed by atoms with van der Waals surface area (Å²) in [6.07, 6.45) is 0.232. The summed E-state index contributed by atoms with van der Waals surface area (Å²) in [6, 6.07) is 4.88. The SMILES string of the molecule is CC1CN(Cc2ccc(C(=O)O)cc2Cl)CCO1. The first-order valence-corrected chi connectivity index (χ1v) is 6.29. The molecular weight excluding hydrogens is 254 g/mol. The van der Waals surface area contributed by atoms with E-state index in [1.54, 1.807) is 12.1 Å². The lowest BCUT2D eigenvalue weighted by atomic mass is 10.1. The van der Waals surface area contributed by atoms with Gasteiger partial charge in [0.15, 0.2) is 0 Å². The van der Waals surface area contributed by atoms with Gasteiger partial charge >= 0.3 is 5.97 Å². The number of morpholine rings is 1. The van der Waals surface area contributed by atoms with Crippen LogP contribution in [-0.4, -0.2) is 41.8 Å². The number of carbonyl (C=O) groups is 1. The maximum Gasteiger partial charge on any atom is 0.335 e. The minimum Gasteiger partial charge on any atom is -0.478 e. The van der Waals surface area contributed by atoms with E-state index in [-0.39, 0.29) is 11.7 Å². The van der Waals surface area contributed by atoms with E-state index in [1.807, 2.05) is 6.92 Å². The summed E-state index contributed by atoms with van der Waals surface area (Å²) in [7, 11) is 0. The summed E-state index contributed by atoms with van der Waals surface area (Å²) < 4.78 is 5.47. The van der Waals surface area contributed by atoms with Crippen molar-refractivity contribution in [1.82, 2.24) is 4.90 Å². The molecule has 5 heteroatoms. The fourth-order valence-electron chi connectivity index (χ4n) is 2.08. The first-order chi connectivity index (χ1) is 8.56. The van der Waals surface area contributed by atoms with Crippen LogP contribution in [0.15, 0.2) is 18.2 Å². The van der Waals surface area contributed by atoms with Crippen molar-refractivity contribution in [3.63, 3.8) is 0 Å².